The first-order valence-electron chi connectivity index (χ1n) is 6.30. The van der Waals surface area contributed by atoms with Crippen LogP contribution in [-0.4, -0.2) is 27.6 Å². The second-order valence-electron chi connectivity index (χ2n) is 4.20. The van der Waals surface area contributed by atoms with Crippen LogP contribution < -0.4 is 5.73 Å². The van der Waals surface area contributed by atoms with Gasteiger partial charge in [0.15, 0.2) is 5.69 Å². The van der Waals surface area contributed by atoms with Crippen LogP contribution in [0.3, 0.4) is 0 Å². The van der Waals surface area contributed by atoms with Gasteiger partial charge in [0.1, 0.15) is 11.6 Å². The van der Waals surface area contributed by atoms with Gasteiger partial charge in [0.25, 0.3) is 0 Å². The van der Waals surface area contributed by atoms with Crippen LogP contribution in [-0.2, 0) is 17.8 Å². The summed E-state index contributed by atoms with van der Waals surface area (Å²) in [6.45, 7) is 1.84. The van der Waals surface area contributed by atoms with E-state index < -0.39 is 17.6 Å². The van der Waals surface area contributed by atoms with Crippen molar-refractivity contribution in [3.63, 3.8) is 0 Å². The molecular weight excluding hydrogens is 282 g/mol. The molecule has 2 rings (SSSR count). The highest BCUT2D eigenvalue weighted by Gasteiger charge is 2.20. The minimum absolute atomic E-state index is 0.00173. The highest BCUT2D eigenvalue weighted by atomic mass is 19.1. The minimum Gasteiger partial charge on any atom is -0.461 e. The summed E-state index contributed by atoms with van der Waals surface area (Å²) in [5.41, 5.74) is 6.13. The zero-order valence-electron chi connectivity index (χ0n) is 11.3. The largest absolute Gasteiger partial charge is 0.461 e. The number of hydrogen-bond acceptors (Lipinski definition) is 5. The number of aromatic nitrogens is 3. The number of carbonyl (C=O) groups excluding carboxylic acids is 1. The fourth-order valence-corrected chi connectivity index (χ4v) is 1.83. The van der Waals surface area contributed by atoms with Gasteiger partial charge < -0.3 is 10.5 Å². The molecule has 0 radical (unpaired) electrons. The zero-order chi connectivity index (χ0) is 15.4. The SMILES string of the molecule is CCOC(=O)c1nnn(Cc2ccc(F)cc2F)c1CN. The van der Waals surface area contributed by atoms with Crippen molar-refractivity contribution in [3.8, 4) is 0 Å². The molecule has 1 heterocycles. The Morgan fingerprint density at radius 1 is 1.43 bits per heavy atom. The quantitative estimate of drug-likeness (QED) is 0.839. The van der Waals surface area contributed by atoms with Crippen LogP contribution in [0.5, 0.6) is 0 Å². The molecule has 2 N–H and O–H groups in total. The molecule has 0 bridgehead atoms. The summed E-state index contributed by atoms with van der Waals surface area (Å²) < 4.78 is 32.6. The first-order valence-corrected chi connectivity index (χ1v) is 6.30. The molecule has 0 aliphatic rings. The van der Waals surface area contributed by atoms with E-state index in [1.54, 1.807) is 6.92 Å². The predicted molar refractivity (Wildman–Crippen MR) is 69.3 cm³/mol. The van der Waals surface area contributed by atoms with E-state index in [0.29, 0.717) is 5.69 Å². The third kappa shape index (κ3) is 3.22. The van der Waals surface area contributed by atoms with Crippen molar-refractivity contribution >= 4 is 5.97 Å². The van der Waals surface area contributed by atoms with Crippen LogP contribution in [0.2, 0.25) is 0 Å². The molecule has 0 saturated heterocycles. The van der Waals surface area contributed by atoms with Gasteiger partial charge in [-0.1, -0.05) is 11.3 Å². The molecule has 0 aliphatic heterocycles. The van der Waals surface area contributed by atoms with E-state index in [1.807, 2.05) is 0 Å². The average Bonchev–Trinajstić information content (AvgIpc) is 2.85. The van der Waals surface area contributed by atoms with Crippen LogP contribution in [0.1, 0.15) is 28.7 Å². The number of rotatable bonds is 5. The Hall–Kier alpha value is -2.35. The maximum absolute atomic E-state index is 13.6. The Kier molecular flexibility index (Phi) is 4.59. The summed E-state index contributed by atoms with van der Waals surface area (Å²) >= 11 is 0. The highest BCUT2D eigenvalue weighted by molar-refractivity contribution is 5.88. The summed E-state index contributed by atoms with van der Waals surface area (Å²) in [5.74, 6) is -2.00. The third-order valence-corrected chi connectivity index (χ3v) is 2.83. The molecule has 0 atom stereocenters. The Balaban J connectivity index is 2.30. The number of hydrogen-bond donors (Lipinski definition) is 1. The molecule has 112 valence electrons. The number of halogens is 2. The van der Waals surface area contributed by atoms with E-state index in [4.69, 9.17) is 10.5 Å². The van der Waals surface area contributed by atoms with Gasteiger partial charge in [-0.3, -0.25) is 0 Å². The second kappa shape index (κ2) is 6.40. The fraction of sp³-hybridized carbons (Fsp3) is 0.308. The van der Waals surface area contributed by atoms with Gasteiger partial charge in [0.2, 0.25) is 0 Å². The van der Waals surface area contributed by atoms with Crippen molar-refractivity contribution in [2.45, 2.75) is 20.0 Å². The van der Waals surface area contributed by atoms with Crippen molar-refractivity contribution < 1.29 is 18.3 Å². The van der Waals surface area contributed by atoms with Crippen LogP contribution in [0.4, 0.5) is 8.78 Å². The predicted octanol–water partition coefficient (Wildman–Crippen LogP) is 1.24. The first kappa shape index (κ1) is 15.0. The lowest BCUT2D eigenvalue weighted by atomic mass is 10.2. The van der Waals surface area contributed by atoms with E-state index in [9.17, 15) is 13.6 Å². The molecule has 2 aromatic rings. The van der Waals surface area contributed by atoms with Crippen molar-refractivity contribution in [2.24, 2.45) is 5.73 Å². The van der Waals surface area contributed by atoms with Gasteiger partial charge in [-0.05, 0) is 13.0 Å². The number of ether oxygens (including phenoxy) is 1. The Labute approximate surface area is 119 Å². The Bertz CT molecular complexity index is 658. The average molecular weight is 296 g/mol. The number of benzene rings is 1. The van der Waals surface area contributed by atoms with Crippen LogP contribution in [0.15, 0.2) is 18.2 Å². The molecule has 0 aliphatic carbocycles. The van der Waals surface area contributed by atoms with Crippen molar-refractivity contribution in [1.82, 2.24) is 15.0 Å². The summed E-state index contributed by atoms with van der Waals surface area (Å²) in [4.78, 5) is 11.7. The molecule has 8 heteroatoms. The van der Waals surface area contributed by atoms with Crippen LogP contribution in [0.25, 0.3) is 0 Å². The normalized spacial score (nSPS) is 10.7. The molecule has 6 nitrogen and oxygen atoms in total. The van der Waals surface area contributed by atoms with Gasteiger partial charge in [-0.25, -0.2) is 18.3 Å². The summed E-state index contributed by atoms with van der Waals surface area (Å²) in [5, 5.41) is 7.49. The van der Waals surface area contributed by atoms with Crippen LogP contribution in [0, 0.1) is 11.6 Å². The third-order valence-electron chi connectivity index (χ3n) is 2.83. The summed E-state index contributed by atoms with van der Waals surface area (Å²) in [6, 6.07) is 3.22. The molecule has 21 heavy (non-hydrogen) atoms. The van der Waals surface area contributed by atoms with E-state index in [-0.39, 0.29) is 31.0 Å². The molecule has 1 aromatic heterocycles. The fourth-order valence-electron chi connectivity index (χ4n) is 1.83. The Morgan fingerprint density at radius 3 is 2.81 bits per heavy atom. The molecule has 0 unspecified atom stereocenters. The topological polar surface area (TPSA) is 83.0 Å². The number of esters is 1. The number of nitrogens with two attached hydrogens (primary N) is 1. The number of carbonyl (C=O) groups is 1. The lowest BCUT2D eigenvalue weighted by Gasteiger charge is -2.07. The van der Waals surface area contributed by atoms with Gasteiger partial charge in [0.05, 0.1) is 18.8 Å². The van der Waals surface area contributed by atoms with Crippen molar-refractivity contribution in [3.05, 3.63) is 46.8 Å². The zero-order valence-corrected chi connectivity index (χ0v) is 11.3. The van der Waals surface area contributed by atoms with E-state index in [1.165, 1.54) is 10.7 Å². The molecule has 0 spiro atoms. The van der Waals surface area contributed by atoms with Crippen molar-refractivity contribution in [1.29, 1.82) is 0 Å². The lowest BCUT2D eigenvalue weighted by molar-refractivity contribution is 0.0518. The minimum atomic E-state index is -0.703. The van der Waals surface area contributed by atoms with Gasteiger partial charge in [-0.2, -0.15) is 0 Å². The van der Waals surface area contributed by atoms with Gasteiger partial charge in [-0.15, -0.1) is 5.10 Å². The summed E-state index contributed by atoms with van der Waals surface area (Å²) in [6.07, 6.45) is 0. The standard InChI is InChI=1S/C13H14F2N4O2/c1-2-21-13(20)12-11(6-16)19(18-17-12)7-8-3-4-9(14)5-10(8)15/h3-5H,2,6-7,16H2,1H3. The maximum Gasteiger partial charge on any atom is 0.360 e. The molecule has 0 saturated carbocycles. The van der Waals surface area contributed by atoms with E-state index >= 15 is 0 Å². The van der Waals surface area contributed by atoms with E-state index in [0.717, 1.165) is 12.1 Å². The molecular formula is C13H14F2N4O2. The molecule has 0 fully saturated rings. The molecule has 1 aromatic carbocycles. The maximum atomic E-state index is 13.6. The lowest BCUT2D eigenvalue weighted by Crippen LogP contribution is -2.15. The van der Waals surface area contributed by atoms with Crippen LogP contribution >= 0.6 is 0 Å². The molecule has 0 amide bonds. The smallest absolute Gasteiger partial charge is 0.360 e. The second-order valence-corrected chi connectivity index (χ2v) is 4.20. The van der Waals surface area contributed by atoms with Gasteiger partial charge >= 0.3 is 5.97 Å². The van der Waals surface area contributed by atoms with Crippen molar-refractivity contribution in [2.75, 3.05) is 6.61 Å². The highest BCUT2D eigenvalue weighted by Crippen LogP contribution is 2.14. The Morgan fingerprint density at radius 2 is 2.19 bits per heavy atom. The van der Waals surface area contributed by atoms with E-state index in [2.05, 4.69) is 10.3 Å². The first-order chi connectivity index (χ1) is 10.1. The number of nitrogens with zero attached hydrogens (tertiary/aromatic N) is 3. The monoisotopic (exact) mass is 296 g/mol. The summed E-state index contributed by atoms with van der Waals surface area (Å²) in [7, 11) is 0. The van der Waals surface area contributed by atoms with Gasteiger partial charge in [0, 0.05) is 18.2 Å².